The van der Waals surface area contributed by atoms with Crippen molar-refractivity contribution >= 4 is 5.78 Å². The minimum Gasteiger partial charge on any atom is -0.508 e. The predicted octanol–water partition coefficient (Wildman–Crippen LogP) is 4.76. The number of allylic oxidation sites excluding steroid dienone is 3. The lowest BCUT2D eigenvalue weighted by atomic mass is 9.59. The number of phenols is 1. The number of ketones is 1. The van der Waals surface area contributed by atoms with Gasteiger partial charge < -0.3 is 15.7 Å². The number of nitrogens with one attached hydrogen (secondary N) is 2. The fraction of sp³-hybridized carbons (Fsp3) is 0.269. The Morgan fingerprint density at radius 1 is 1.12 bits per heavy atom. The number of hydrogen-bond donors (Lipinski definition) is 3. The van der Waals surface area contributed by atoms with E-state index in [0.29, 0.717) is 36.9 Å². The summed E-state index contributed by atoms with van der Waals surface area (Å²) in [5.41, 5.74) is 2.80. The topological polar surface area (TPSA) is 61.4 Å². The molecule has 0 aromatic heterocycles. The highest BCUT2D eigenvalue weighted by molar-refractivity contribution is 6.13. The first-order valence-electron chi connectivity index (χ1n) is 10.8. The number of rotatable bonds is 4. The van der Waals surface area contributed by atoms with Gasteiger partial charge in [0.2, 0.25) is 0 Å². The lowest BCUT2D eigenvalue weighted by molar-refractivity contribution is 0.102. The molecule has 2 heterocycles. The maximum absolute atomic E-state index is 14.2. The van der Waals surface area contributed by atoms with Crippen LogP contribution < -0.4 is 10.6 Å². The van der Waals surface area contributed by atoms with Crippen molar-refractivity contribution in [3.8, 4) is 5.75 Å². The number of halogens is 2. The molecular weight excluding hydrogens is 410 g/mol. The third kappa shape index (κ3) is 3.49. The monoisotopic (exact) mass is 434 g/mol. The molecule has 0 amide bonds. The van der Waals surface area contributed by atoms with E-state index in [0.717, 1.165) is 16.7 Å². The molecule has 0 fully saturated rings. The van der Waals surface area contributed by atoms with Crippen LogP contribution in [-0.2, 0) is 5.41 Å². The molecule has 1 aliphatic carbocycles. The normalized spacial score (nSPS) is 26.2. The SMILES string of the molecule is O=C1c2ccccc2C(CC2=CCNC(F)=C2)(CC2C=CNC(F)C2)c2ccc(O)cc21. The molecule has 0 bridgehead atoms. The van der Waals surface area contributed by atoms with E-state index in [9.17, 15) is 18.7 Å². The Balaban J connectivity index is 1.72. The average molecular weight is 434 g/mol. The lowest BCUT2D eigenvalue weighted by Crippen LogP contribution is -2.39. The van der Waals surface area contributed by atoms with Crippen molar-refractivity contribution in [2.45, 2.75) is 31.0 Å². The van der Waals surface area contributed by atoms with Gasteiger partial charge in [0.1, 0.15) is 5.75 Å². The number of hydrogen-bond acceptors (Lipinski definition) is 4. The molecule has 2 aromatic carbocycles. The number of fused-ring (bicyclic) bond motifs is 2. The van der Waals surface area contributed by atoms with Crippen molar-refractivity contribution in [1.82, 2.24) is 10.6 Å². The number of phenolic OH excluding ortho intramolecular Hbond substituents is 1. The van der Waals surface area contributed by atoms with Crippen molar-refractivity contribution in [3.05, 3.63) is 101 Å². The van der Waals surface area contributed by atoms with Gasteiger partial charge in [-0.1, -0.05) is 42.5 Å². The highest BCUT2D eigenvalue weighted by Crippen LogP contribution is 2.51. The maximum Gasteiger partial charge on any atom is 0.193 e. The number of carbonyl (C=O) groups excluding carboxylic acids is 1. The van der Waals surface area contributed by atoms with Crippen LogP contribution >= 0.6 is 0 Å². The van der Waals surface area contributed by atoms with Gasteiger partial charge in [-0.3, -0.25) is 4.79 Å². The fourth-order valence-electron chi connectivity index (χ4n) is 5.34. The Bertz CT molecular complexity index is 1170. The summed E-state index contributed by atoms with van der Waals surface area (Å²) < 4.78 is 28.3. The fourth-order valence-corrected chi connectivity index (χ4v) is 5.34. The van der Waals surface area contributed by atoms with Gasteiger partial charge in [0, 0.05) is 29.5 Å². The second-order valence-electron chi connectivity index (χ2n) is 8.71. The number of dihydropyridines is 1. The van der Waals surface area contributed by atoms with Gasteiger partial charge in [0.05, 0.1) is 0 Å². The Hall–Kier alpha value is -3.41. The summed E-state index contributed by atoms with van der Waals surface area (Å²) in [6, 6.07) is 12.3. The zero-order valence-electron chi connectivity index (χ0n) is 17.4. The zero-order valence-corrected chi connectivity index (χ0v) is 17.4. The summed E-state index contributed by atoms with van der Waals surface area (Å²) in [7, 11) is 0. The van der Waals surface area contributed by atoms with Crippen molar-refractivity contribution < 1.29 is 18.7 Å². The van der Waals surface area contributed by atoms with Gasteiger partial charge in [-0.25, -0.2) is 4.39 Å². The van der Waals surface area contributed by atoms with E-state index in [2.05, 4.69) is 10.6 Å². The van der Waals surface area contributed by atoms with Crippen LogP contribution in [0.1, 0.15) is 46.3 Å². The molecule has 2 aromatic rings. The minimum absolute atomic E-state index is 0.0167. The van der Waals surface area contributed by atoms with Crippen molar-refractivity contribution in [2.24, 2.45) is 5.92 Å². The van der Waals surface area contributed by atoms with Crippen LogP contribution in [0, 0.1) is 5.92 Å². The van der Waals surface area contributed by atoms with E-state index in [1.165, 1.54) is 12.1 Å². The first-order chi connectivity index (χ1) is 15.5. The van der Waals surface area contributed by atoms with Gasteiger partial charge in [-0.2, -0.15) is 4.39 Å². The Morgan fingerprint density at radius 3 is 2.75 bits per heavy atom. The lowest BCUT2D eigenvalue weighted by Gasteiger charge is -2.43. The molecule has 0 saturated heterocycles. The first-order valence-corrected chi connectivity index (χ1v) is 10.8. The summed E-state index contributed by atoms with van der Waals surface area (Å²) in [5.74, 6) is -0.602. The second-order valence-corrected chi connectivity index (χ2v) is 8.71. The van der Waals surface area contributed by atoms with Crippen LogP contribution in [0.3, 0.4) is 0 Å². The second kappa shape index (κ2) is 7.93. The van der Waals surface area contributed by atoms with Gasteiger partial charge in [0.15, 0.2) is 18.0 Å². The number of benzene rings is 2. The van der Waals surface area contributed by atoms with Crippen LogP contribution in [0.25, 0.3) is 0 Å². The largest absolute Gasteiger partial charge is 0.508 e. The molecule has 6 heteroatoms. The highest BCUT2D eigenvalue weighted by Gasteiger charge is 2.45. The molecule has 0 saturated carbocycles. The van der Waals surface area contributed by atoms with Gasteiger partial charge in [0.25, 0.3) is 0 Å². The summed E-state index contributed by atoms with van der Waals surface area (Å²) in [6.45, 7) is 0.385. The molecule has 0 spiro atoms. The first kappa shape index (κ1) is 20.5. The molecule has 32 heavy (non-hydrogen) atoms. The molecule has 5 rings (SSSR count). The molecule has 3 N–H and O–H groups in total. The van der Waals surface area contributed by atoms with Crippen LogP contribution in [0.2, 0.25) is 0 Å². The van der Waals surface area contributed by atoms with Crippen LogP contribution in [0.4, 0.5) is 8.78 Å². The number of alkyl halides is 1. The van der Waals surface area contributed by atoms with Gasteiger partial charge >= 0.3 is 0 Å². The minimum atomic E-state index is -1.14. The molecule has 164 valence electrons. The van der Waals surface area contributed by atoms with Crippen molar-refractivity contribution in [2.75, 3.05) is 6.54 Å². The van der Waals surface area contributed by atoms with Crippen molar-refractivity contribution in [1.29, 1.82) is 0 Å². The summed E-state index contributed by atoms with van der Waals surface area (Å²) >= 11 is 0. The Morgan fingerprint density at radius 2 is 1.94 bits per heavy atom. The maximum atomic E-state index is 14.2. The van der Waals surface area contributed by atoms with E-state index >= 15 is 0 Å². The molecule has 0 radical (unpaired) electrons. The average Bonchev–Trinajstić information content (AvgIpc) is 2.77. The van der Waals surface area contributed by atoms with E-state index in [4.69, 9.17) is 0 Å². The smallest absolute Gasteiger partial charge is 0.193 e. The summed E-state index contributed by atoms with van der Waals surface area (Å²) in [5, 5.41) is 15.5. The van der Waals surface area contributed by atoms with Crippen LogP contribution in [0.5, 0.6) is 5.75 Å². The molecule has 3 unspecified atom stereocenters. The van der Waals surface area contributed by atoms with E-state index in [1.54, 1.807) is 24.4 Å². The molecule has 3 atom stereocenters. The highest BCUT2D eigenvalue weighted by atomic mass is 19.1. The van der Waals surface area contributed by atoms with Gasteiger partial charge in [-0.15, -0.1) is 0 Å². The van der Waals surface area contributed by atoms with Gasteiger partial charge in [-0.05, 0) is 59.9 Å². The van der Waals surface area contributed by atoms with Crippen LogP contribution in [0.15, 0.2) is 78.4 Å². The molecule has 4 nitrogen and oxygen atoms in total. The molecule has 2 aliphatic heterocycles. The number of aromatic hydroxyl groups is 1. The Labute approximate surface area is 185 Å². The van der Waals surface area contributed by atoms with Crippen LogP contribution in [-0.4, -0.2) is 23.7 Å². The van der Waals surface area contributed by atoms with Crippen molar-refractivity contribution in [3.63, 3.8) is 0 Å². The predicted molar refractivity (Wildman–Crippen MR) is 119 cm³/mol. The molecular formula is C26H24F2N2O2. The zero-order chi connectivity index (χ0) is 22.3. The third-order valence-corrected chi connectivity index (χ3v) is 6.67. The summed E-state index contributed by atoms with van der Waals surface area (Å²) in [6.07, 6.45) is 7.22. The third-order valence-electron chi connectivity index (χ3n) is 6.67. The van der Waals surface area contributed by atoms with E-state index < -0.39 is 17.7 Å². The number of carbonyl (C=O) groups is 1. The van der Waals surface area contributed by atoms with E-state index in [-0.39, 0.29) is 17.5 Å². The molecule has 3 aliphatic rings. The Kier molecular flexibility index (Phi) is 5.08. The van der Waals surface area contributed by atoms with E-state index in [1.807, 2.05) is 30.4 Å². The quantitative estimate of drug-likeness (QED) is 0.607. The standard InChI is InChI=1S/C26H24F2N2O2/c27-23-11-16(7-9-29-23)14-26(15-17-8-10-30-24(28)12-17)21-4-2-1-3-19(21)25(32)20-13-18(31)5-6-22(20)26/h1-9,12-13,16,23,29-31H,10-11,14-15H2. The summed E-state index contributed by atoms with van der Waals surface area (Å²) in [4.78, 5) is 13.3.